The Morgan fingerprint density at radius 3 is 2.61 bits per heavy atom. The molecule has 0 fully saturated rings. The molecule has 1 N–H and O–H groups in total. The fourth-order valence-corrected chi connectivity index (χ4v) is 5.54. The maximum absolute atomic E-state index is 15.6. The van der Waals surface area contributed by atoms with E-state index >= 15 is 4.39 Å². The van der Waals surface area contributed by atoms with Gasteiger partial charge in [-0.15, -0.1) is 0 Å². The topological polar surface area (TPSA) is 99.7 Å². The maximum Gasteiger partial charge on any atom is 0.339 e. The van der Waals surface area contributed by atoms with Crippen LogP contribution in [0.2, 0.25) is 0 Å². The minimum Gasteiger partial charge on any atom is -0.490 e. The number of hydrogen-bond donors (Lipinski definition) is 1. The molecule has 0 unspecified atom stereocenters. The van der Waals surface area contributed by atoms with Crippen molar-refractivity contribution in [2.24, 2.45) is 0 Å². The molecule has 9 heteroatoms. The Labute approximate surface area is 256 Å². The summed E-state index contributed by atoms with van der Waals surface area (Å²) in [7, 11) is 1.31. The van der Waals surface area contributed by atoms with E-state index in [4.69, 9.17) is 23.9 Å². The molecule has 2 aromatic heterocycles. The summed E-state index contributed by atoms with van der Waals surface area (Å²) >= 11 is 0. The van der Waals surface area contributed by atoms with Gasteiger partial charge in [-0.1, -0.05) is 30.3 Å². The highest BCUT2D eigenvalue weighted by atomic mass is 19.1. The van der Waals surface area contributed by atoms with Gasteiger partial charge in [0.05, 0.1) is 19.3 Å². The molecule has 0 spiro atoms. The van der Waals surface area contributed by atoms with Gasteiger partial charge in [-0.05, 0) is 82.4 Å². The zero-order chi connectivity index (χ0) is 31.6. The van der Waals surface area contributed by atoms with Crippen LogP contribution in [-0.2, 0) is 36.8 Å². The monoisotopic (exact) mass is 600 g/mol. The van der Waals surface area contributed by atoms with Crippen molar-refractivity contribution >= 4 is 29.0 Å². The largest absolute Gasteiger partial charge is 0.490 e. The molecule has 0 aliphatic carbocycles. The summed E-state index contributed by atoms with van der Waals surface area (Å²) in [6, 6.07) is 12.7. The third-order valence-corrected chi connectivity index (χ3v) is 7.50. The van der Waals surface area contributed by atoms with E-state index < -0.39 is 29.5 Å². The normalized spacial score (nSPS) is 13.9. The summed E-state index contributed by atoms with van der Waals surface area (Å²) < 4.78 is 38.1. The van der Waals surface area contributed by atoms with Gasteiger partial charge in [-0.3, -0.25) is 0 Å². The second-order valence-electron chi connectivity index (χ2n) is 11.8. The van der Waals surface area contributed by atoms with Crippen molar-refractivity contribution < 1.29 is 32.9 Å². The van der Waals surface area contributed by atoms with E-state index in [-0.39, 0.29) is 12.4 Å². The molecule has 5 rings (SSSR count). The zero-order valence-electron chi connectivity index (χ0n) is 25.9. The lowest BCUT2D eigenvalue weighted by molar-refractivity contribution is -0.164. The lowest BCUT2D eigenvalue weighted by atomic mass is 9.86. The first-order chi connectivity index (χ1) is 21.0. The number of ether oxygens (including phenoxy) is 4. The van der Waals surface area contributed by atoms with Gasteiger partial charge in [0.1, 0.15) is 12.3 Å². The van der Waals surface area contributed by atoms with Crippen molar-refractivity contribution in [2.45, 2.75) is 65.8 Å². The number of benzene rings is 2. The lowest BCUT2D eigenvalue weighted by Gasteiger charge is -2.29. The molecule has 44 heavy (non-hydrogen) atoms. The van der Waals surface area contributed by atoms with Crippen LogP contribution < -0.4 is 4.74 Å². The van der Waals surface area contributed by atoms with Crippen molar-refractivity contribution in [1.82, 2.24) is 9.97 Å². The van der Waals surface area contributed by atoms with Gasteiger partial charge in [0, 0.05) is 39.5 Å². The number of halogens is 1. The number of aromatic amines is 1. The number of aryl methyl sites for hydroxylation is 1. The number of carbonyl (C=O) groups is 2. The van der Waals surface area contributed by atoms with Crippen molar-refractivity contribution in [3.63, 3.8) is 0 Å². The van der Waals surface area contributed by atoms with Crippen molar-refractivity contribution in [1.29, 1.82) is 0 Å². The minimum atomic E-state index is -1.14. The average molecular weight is 601 g/mol. The molecule has 2 aromatic carbocycles. The summed E-state index contributed by atoms with van der Waals surface area (Å²) in [5, 5.41) is 0.633. The predicted molar refractivity (Wildman–Crippen MR) is 166 cm³/mol. The summed E-state index contributed by atoms with van der Waals surface area (Å²) in [6.07, 6.45) is 3.24. The molecule has 0 saturated carbocycles. The SMILES string of the molecule is COC(=O)[C@@H](OC(C)(C)C)c1c(C)nc2[nH]c(C=CC(=O)OCc3ccccc3)cc2c1-c1cc(F)c2c(c1C)CCCO2. The number of rotatable bonds is 8. The molecule has 1 aliphatic rings. The number of hydrogen-bond acceptors (Lipinski definition) is 7. The quantitative estimate of drug-likeness (QED) is 0.170. The number of aromatic nitrogens is 2. The van der Waals surface area contributed by atoms with Crippen LogP contribution in [0.15, 0.2) is 48.5 Å². The minimum absolute atomic E-state index is 0.153. The standard InChI is InChI=1S/C35H37FN2O6/c1-20-24-13-10-16-42-31(24)27(36)18-25(20)30-26-17-23(14-15-28(39)43-19-22-11-8-7-9-12-22)38-33(26)37-21(2)29(30)32(34(40)41-6)44-35(3,4)5/h7-9,11-12,14-15,17-18,32H,10,13,16,19H2,1-6H3,(H,37,38)/t32-/m0/s1. The van der Waals surface area contributed by atoms with Gasteiger partial charge in [0.25, 0.3) is 0 Å². The van der Waals surface area contributed by atoms with Crippen LogP contribution in [0.1, 0.15) is 66.9 Å². The zero-order valence-corrected chi connectivity index (χ0v) is 25.9. The lowest BCUT2D eigenvalue weighted by Crippen LogP contribution is -2.29. The number of H-pyrrole nitrogens is 1. The summed E-state index contributed by atoms with van der Waals surface area (Å²) in [4.78, 5) is 33.8. The number of esters is 2. The number of nitrogens with one attached hydrogen (secondary N) is 1. The van der Waals surface area contributed by atoms with Crippen LogP contribution in [0.25, 0.3) is 28.2 Å². The van der Waals surface area contributed by atoms with Crippen molar-refractivity contribution in [3.05, 3.63) is 88.0 Å². The fourth-order valence-electron chi connectivity index (χ4n) is 5.54. The van der Waals surface area contributed by atoms with Crippen molar-refractivity contribution in [3.8, 4) is 16.9 Å². The predicted octanol–water partition coefficient (Wildman–Crippen LogP) is 7.10. The highest BCUT2D eigenvalue weighted by Crippen LogP contribution is 2.44. The Balaban J connectivity index is 1.65. The summed E-state index contributed by atoms with van der Waals surface area (Å²) in [5.41, 5.74) is 5.08. The molecule has 8 nitrogen and oxygen atoms in total. The first-order valence-electron chi connectivity index (χ1n) is 14.6. The van der Waals surface area contributed by atoms with Crippen LogP contribution in [0.5, 0.6) is 5.75 Å². The molecule has 1 atom stereocenters. The Morgan fingerprint density at radius 2 is 1.91 bits per heavy atom. The van der Waals surface area contributed by atoms with E-state index in [9.17, 15) is 9.59 Å². The molecule has 0 saturated heterocycles. The highest BCUT2D eigenvalue weighted by Gasteiger charge is 2.34. The fraction of sp³-hybridized carbons (Fsp3) is 0.343. The molecule has 0 bridgehead atoms. The molecule has 4 aromatic rings. The molecular weight excluding hydrogens is 563 g/mol. The number of fused-ring (bicyclic) bond motifs is 2. The Bertz CT molecular complexity index is 1740. The maximum atomic E-state index is 15.6. The van der Waals surface area contributed by atoms with Crippen LogP contribution in [0, 0.1) is 19.7 Å². The van der Waals surface area contributed by atoms with Crippen LogP contribution in [0.4, 0.5) is 4.39 Å². The van der Waals surface area contributed by atoms with Gasteiger partial charge in [-0.2, -0.15) is 0 Å². The second-order valence-corrected chi connectivity index (χ2v) is 11.8. The Morgan fingerprint density at radius 1 is 1.16 bits per heavy atom. The number of nitrogens with zero attached hydrogens (tertiary/aromatic N) is 1. The number of methoxy groups -OCH3 is 1. The molecule has 230 valence electrons. The number of carbonyl (C=O) groups excluding carboxylic acids is 2. The van der Waals surface area contributed by atoms with Crippen LogP contribution in [-0.4, -0.2) is 41.2 Å². The van der Waals surface area contributed by atoms with E-state index in [1.54, 1.807) is 13.0 Å². The van der Waals surface area contributed by atoms with Gasteiger partial charge in [0.2, 0.25) is 0 Å². The third-order valence-electron chi connectivity index (χ3n) is 7.50. The van der Waals surface area contributed by atoms with Crippen molar-refractivity contribution in [2.75, 3.05) is 13.7 Å². The van der Waals surface area contributed by atoms with E-state index in [1.807, 2.05) is 64.1 Å². The summed E-state index contributed by atoms with van der Waals surface area (Å²) in [5.74, 6) is -1.31. The average Bonchev–Trinajstić information content (AvgIpc) is 3.41. The van der Waals surface area contributed by atoms with E-state index in [0.29, 0.717) is 52.1 Å². The molecule has 0 amide bonds. The van der Waals surface area contributed by atoms with Crippen LogP contribution >= 0.6 is 0 Å². The van der Waals surface area contributed by atoms with Gasteiger partial charge >= 0.3 is 11.9 Å². The molecule has 1 aliphatic heterocycles. The first kappa shape index (κ1) is 30.9. The third kappa shape index (κ3) is 6.53. The Hall–Kier alpha value is -4.50. The second kappa shape index (κ2) is 12.6. The van der Waals surface area contributed by atoms with E-state index in [2.05, 4.69) is 4.98 Å². The first-order valence-corrected chi connectivity index (χ1v) is 14.6. The molecular formula is C35H37FN2O6. The van der Waals surface area contributed by atoms with E-state index in [1.165, 1.54) is 19.3 Å². The van der Waals surface area contributed by atoms with Gasteiger partial charge in [-0.25, -0.2) is 19.0 Å². The van der Waals surface area contributed by atoms with Crippen LogP contribution in [0.3, 0.4) is 0 Å². The Kier molecular flexibility index (Phi) is 8.87. The van der Waals surface area contributed by atoms with E-state index in [0.717, 1.165) is 23.1 Å². The van der Waals surface area contributed by atoms with Gasteiger partial charge < -0.3 is 23.9 Å². The molecule has 0 radical (unpaired) electrons. The molecule has 3 heterocycles. The number of pyridine rings is 1. The smallest absolute Gasteiger partial charge is 0.339 e. The highest BCUT2D eigenvalue weighted by molar-refractivity contribution is 6.00. The van der Waals surface area contributed by atoms with Gasteiger partial charge in [0.15, 0.2) is 17.7 Å². The summed E-state index contributed by atoms with van der Waals surface area (Å²) in [6.45, 7) is 9.87.